The molecule has 0 saturated heterocycles. The molecule has 0 aromatic rings. The third kappa shape index (κ3) is 9.93. The van der Waals surface area contributed by atoms with Crippen molar-refractivity contribution in [1.82, 2.24) is 0 Å². The highest BCUT2D eigenvalue weighted by Crippen LogP contribution is 2.02. The highest BCUT2D eigenvalue weighted by atomic mass is 16.5. The van der Waals surface area contributed by atoms with Gasteiger partial charge in [0.05, 0.1) is 55.3 Å². The molecule has 0 saturated carbocycles. The molecule has 16 heavy (non-hydrogen) atoms. The van der Waals surface area contributed by atoms with Crippen LogP contribution < -0.4 is 0 Å². The number of esters is 1. The molecule has 0 heterocycles. The first kappa shape index (κ1) is 15.4. The molecule has 0 radical (unpaired) electrons. The minimum atomic E-state index is -0.0889. The monoisotopic (exact) mass is 232 g/mol. The van der Waals surface area contributed by atoms with Gasteiger partial charge in [0.15, 0.2) is 0 Å². The molecule has 1 unspecified atom stereocenters. The first-order valence-electron chi connectivity index (χ1n) is 5.80. The second-order valence-corrected chi connectivity index (χ2v) is 6.54. The summed E-state index contributed by atoms with van der Waals surface area (Å²) in [6.07, 6.45) is 0.477. The molecule has 0 aromatic carbocycles. The molecule has 0 bridgehead atoms. The zero-order valence-corrected chi connectivity index (χ0v) is 11.9. The Morgan fingerprint density at radius 2 is 1.56 bits per heavy atom. The van der Waals surface area contributed by atoms with Crippen LogP contribution in [0.2, 0.25) is 0 Å². The van der Waals surface area contributed by atoms with Gasteiger partial charge in [-0.25, -0.2) is 0 Å². The van der Waals surface area contributed by atoms with Gasteiger partial charge in [-0.15, -0.1) is 0 Å². The summed E-state index contributed by atoms with van der Waals surface area (Å²) in [7, 11) is 12.5. The lowest BCUT2D eigenvalue weighted by Crippen LogP contribution is -2.42. The quantitative estimate of drug-likeness (QED) is 0.498. The zero-order chi connectivity index (χ0) is 13.0. The van der Waals surface area contributed by atoms with E-state index in [9.17, 15) is 4.79 Å². The van der Waals surface area contributed by atoms with Gasteiger partial charge < -0.3 is 13.7 Å². The van der Waals surface area contributed by atoms with Gasteiger partial charge >= 0.3 is 5.97 Å². The molecule has 0 fully saturated rings. The molecule has 0 aromatic heterocycles. The summed E-state index contributed by atoms with van der Waals surface area (Å²) in [6.45, 7) is 3.61. The lowest BCUT2D eigenvalue weighted by atomic mass is 10.3. The van der Waals surface area contributed by atoms with Crippen molar-refractivity contribution < 1.29 is 18.5 Å². The van der Waals surface area contributed by atoms with Crippen LogP contribution in [-0.4, -0.2) is 76.4 Å². The molecule has 0 amide bonds. The van der Waals surface area contributed by atoms with Crippen LogP contribution in [0, 0.1) is 0 Å². The number of hydrogen-bond acceptors (Lipinski definition) is 2. The Morgan fingerprint density at radius 3 is 1.94 bits per heavy atom. The molecule has 0 aliphatic heterocycles. The fourth-order valence-corrected chi connectivity index (χ4v) is 1.52. The van der Waals surface area contributed by atoms with Crippen molar-refractivity contribution in [3.8, 4) is 0 Å². The fraction of sp³-hybridized carbons (Fsp3) is 0.917. The van der Waals surface area contributed by atoms with Crippen LogP contribution in [-0.2, 0) is 9.53 Å². The van der Waals surface area contributed by atoms with Gasteiger partial charge in [0.2, 0.25) is 0 Å². The number of rotatable bonds is 6. The van der Waals surface area contributed by atoms with E-state index in [4.69, 9.17) is 4.74 Å². The first-order valence-corrected chi connectivity index (χ1v) is 5.80. The Balaban J connectivity index is 3.88. The van der Waals surface area contributed by atoms with Crippen molar-refractivity contribution in [3.05, 3.63) is 0 Å². The van der Waals surface area contributed by atoms with Gasteiger partial charge in [0.1, 0.15) is 12.6 Å². The van der Waals surface area contributed by atoms with Crippen LogP contribution in [0.1, 0.15) is 13.3 Å². The van der Waals surface area contributed by atoms with E-state index in [1.54, 1.807) is 0 Å². The van der Waals surface area contributed by atoms with Crippen molar-refractivity contribution in [2.24, 2.45) is 0 Å². The predicted molar refractivity (Wildman–Crippen MR) is 66.0 cm³/mol. The highest BCUT2D eigenvalue weighted by molar-refractivity contribution is 5.69. The van der Waals surface area contributed by atoms with Crippen molar-refractivity contribution >= 4 is 5.97 Å². The third-order valence-corrected chi connectivity index (χ3v) is 2.12. The molecule has 0 aliphatic carbocycles. The van der Waals surface area contributed by atoms with Gasteiger partial charge in [-0.05, 0) is 6.92 Å². The number of carbonyl (C=O) groups is 1. The van der Waals surface area contributed by atoms with Crippen molar-refractivity contribution in [1.29, 1.82) is 0 Å². The van der Waals surface area contributed by atoms with Crippen LogP contribution in [0.5, 0.6) is 0 Å². The summed E-state index contributed by atoms with van der Waals surface area (Å²) in [5.74, 6) is -0.0889. The minimum absolute atomic E-state index is 0.0139. The van der Waals surface area contributed by atoms with Gasteiger partial charge in [-0.1, -0.05) is 0 Å². The normalized spacial score (nSPS) is 14.7. The predicted octanol–water partition coefficient (Wildman–Crippen LogP) is 0.721. The Hall–Kier alpha value is -0.610. The maximum Gasteiger partial charge on any atom is 0.311 e. The van der Waals surface area contributed by atoms with Crippen molar-refractivity contribution in [2.75, 3.05) is 55.4 Å². The molecular formula is C12H28N2O2+2. The van der Waals surface area contributed by atoms with Crippen LogP contribution in [0.15, 0.2) is 0 Å². The van der Waals surface area contributed by atoms with E-state index in [0.717, 1.165) is 22.1 Å². The number of nitrogens with zero attached hydrogens (tertiary/aromatic N) is 2. The summed E-state index contributed by atoms with van der Waals surface area (Å²) < 4.78 is 6.96. The van der Waals surface area contributed by atoms with Crippen molar-refractivity contribution in [3.63, 3.8) is 0 Å². The Labute approximate surface area is 100.0 Å². The van der Waals surface area contributed by atoms with Crippen LogP contribution in [0.3, 0.4) is 0 Å². The molecule has 0 aliphatic rings. The molecular weight excluding hydrogens is 204 g/mol. The van der Waals surface area contributed by atoms with Gasteiger partial charge in [-0.3, -0.25) is 4.79 Å². The molecule has 4 nitrogen and oxygen atoms in total. The number of likely N-dealkylation sites (N-methyl/N-ethyl adjacent to an activating group) is 1. The van der Waals surface area contributed by atoms with E-state index in [1.807, 2.05) is 6.92 Å². The number of quaternary nitrogens is 2. The summed E-state index contributed by atoms with van der Waals surface area (Å²) in [4.78, 5) is 11.5. The number of carbonyl (C=O) groups excluding carboxylic acids is 1. The largest absolute Gasteiger partial charge is 0.456 e. The second-order valence-electron chi connectivity index (χ2n) is 6.54. The molecule has 0 spiro atoms. The smallest absolute Gasteiger partial charge is 0.311 e. The number of hydrogen-bond donors (Lipinski definition) is 0. The summed E-state index contributed by atoms with van der Waals surface area (Å²) in [5, 5.41) is 0. The van der Waals surface area contributed by atoms with Gasteiger partial charge in [0.25, 0.3) is 0 Å². The van der Waals surface area contributed by atoms with Gasteiger partial charge in [-0.2, -0.15) is 0 Å². The second kappa shape index (κ2) is 5.64. The molecule has 0 rings (SSSR count). The molecule has 96 valence electrons. The summed E-state index contributed by atoms with van der Waals surface area (Å²) in [5.41, 5.74) is 0. The van der Waals surface area contributed by atoms with E-state index in [1.165, 1.54) is 0 Å². The zero-order valence-electron chi connectivity index (χ0n) is 11.9. The Morgan fingerprint density at radius 1 is 1.06 bits per heavy atom. The minimum Gasteiger partial charge on any atom is -0.456 e. The first-order chi connectivity index (χ1) is 6.99. The maximum atomic E-state index is 11.5. The average Bonchev–Trinajstić information content (AvgIpc) is 1.95. The third-order valence-electron chi connectivity index (χ3n) is 2.12. The lowest BCUT2D eigenvalue weighted by Gasteiger charge is -2.27. The van der Waals surface area contributed by atoms with E-state index < -0.39 is 0 Å². The Bertz CT molecular complexity index is 226. The van der Waals surface area contributed by atoms with Crippen LogP contribution >= 0.6 is 0 Å². The number of ether oxygens (including phenoxy) is 1. The van der Waals surface area contributed by atoms with E-state index >= 15 is 0 Å². The van der Waals surface area contributed by atoms with Crippen LogP contribution in [0.25, 0.3) is 0 Å². The highest BCUT2D eigenvalue weighted by Gasteiger charge is 2.19. The summed E-state index contributed by atoms with van der Waals surface area (Å²) >= 11 is 0. The molecule has 4 heteroatoms. The van der Waals surface area contributed by atoms with Crippen LogP contribution in [0.4, 0.5) is 0 Å². The van der Waals surface area contributed by atoms with E-state index in [-0.39, 0.29) is 12.1 Å². The van der Waals surface area contributed by atoms with Crippen molar-refractivity contribution in [2.45, 2.75) is 19.4 Å². The van der Waals surface area contributed by atoms with E-state index in [2.05, 4.69) is 42.3 Å². The topological polar surface area (TPSA) is 26.3 Å². The SMILES string of the molecule is CC(C[N+](C)(C)C)OC(=O)CC[N+](C)(C)C. The average molecular weight is 232 g/mol. The molecule has 1 atom stereocenters. The Kier molecular flexibility index (Phi) is 5.42. The summed E-state index contributed by atoms with van der Waals surface area (Å²) in [6, 6.07) is 0. The van der Waals surface area contributed by atoms with E-state index in [0.29, 0.717) is 6.42 Å². The van der Waals surface area contributed by atoms with Gasteiger partial charge in [0, 0.05) is 0 Å². The molecule has 0 N–H and O–H groups in total. The lowest BCUT2D eigenvalue weighted by molar-refractivity contribution is -0.873. The maximum absolute atomic E-state index is 11.5. The standard InChI is InChI=1S/C12H28N2O2/c1-11(10-14(5,6)7)16-12(15)8-9-13(2,3)4/h11H,8-10H2,1-7H3/q+2. The fourth-order valence-electron chi connectivity index (χ4n) is 1.52.